The van der Waals surface area contributed by atoms with Crippen LogP contribution >= 0.6 is 34.8 Å². The number of alkyl halides is 1. The third kappa shape index (κ3) is 2.34. The van der Waals surface area contributed by atoms with Crippen molar-refractivity contribution in [1.82, 2.24) is 9.55 Å². The van der Waals surface area contributed by atoms with E-state index in [1.165, 1.54) is 0 Å². The highest BCUT2D eigenvalue weighted by atomic mass is 35.5. The molecule has 0 amide bonds. The number of hydrogen-bond acceptors (Lipinski definition) is 1. The molecule has 2 nitrogen and oxygen atoms in total. The van der Waals surface area contributed by atoms with Crippen LogP contribution in [0.4, 0.5) is 0 Å². The van der Waals surface area contributed by atoms with Gasteiger partial charge in [0.2, 0.25) is 0 Å². The molecule has 0 spiro atoms. The molecule has 0 saturated heterocycles. The highest BCUT2D eigenvalue weighted by Gasteiger charge is 2.08. The molecule has 0 fully saturated rings. The van der Waals surface area contributed by atoms with E-state index in [4.69, 9.17) is 34.8 Å². The molecule has 16 heavy (non-hydrogen) atoms. The van der Waals surface area contributed by atoms with Crippen molar-refractivity contribution in [2.75, 3.05) is 0 Å². The van der Waals surface area contributed by atoms with Gasteiger partial charge in [0.1, 0.15) is 5.82 Å². The minimum atomic E-state index is 0.370. The molecule has 2 rings (SSSR count). The average Bonchev–Trinajstić information content (AvgIpc) is 2.71. The van der Waals surface area contributed by atoms with Gasteiger partial charge >= 0.3 is 0 Å². The van der Waals surface area contributed by atoms with Crippen LogP contribution in [0, 0.1) is 0 Å². The lowest BCUT2D eigenvalue weighted by Gasteiger charge is -2.09. The summed E-state index contributed by atoms with van der Waals surface area (Å²) in [6, 6.07) is 5.46. The predicted octanol–water partition coefficient (Wildman–Crippen LogP) is 3.98. The van der Waals surface area contributed by atoms with Crippen molar-refractivity contribution in [3.8, 4) is 0 Å². The molecule has 1 aromatic carbocycles. The summed E-state index contributed by atoms with van der Waals surface area (Å²) in [5, 5.41) is 1.31. The fraction of sp³-hybridized carbons (Fsp3) is 0.182. The summed E-state index contributed by atoms with van der Waals surface area (Å²) < 4.78 is 1.93. The van der Waals surface area contributed by atoms with Crippen LogP contribution in [0.15, 0.2) is 30.6 Å². The van der Waals surface area contributed by atoms with Crippen molar-refractivity contribution < 1.29 is 0 Å². The van der Waals surface area contributed by atoms with E-state index in [1.54, 1.807) is 6.20 Å². The quantitative estimate of drug-likeness (QED) is 0.775. The standard InChI is InChI=1S/C11H9Cl3N2/c12-6-11-15-4-5-16(11)7-8-9(13)2-1-3-10(8)14/h1-5H,6-7H2. The monoisotopic (exact) mass is 274 g/mol. The molecule has 1 heterocycles. The van der Waals surface area contributed by atoms with Gasteiger partial charge < -0.3 is 4.57 Å². The molecule has 2 aromatic rings. The van der Waals surface area contributed by atoms with E-state index in [-0.39, 0.29) is 0 Å². The second-order valence-electron chi connectivity index (χ2n) is 3.31. The molecule has 0 aliphatic carbocycles. The van der Waals surface area contributed by atoms with Gasteiger partial charge in [-0.2, -0.15) is 0 Å². The maximum absolute atomic E-state index is 6.09. The maximum Gasteiger partial charge on any atom is 0.123 e. The van der Waals surface area contributed by atoms with Crippen molar-refractivity contribution in [2.24, 2.45) is 0 Å². The minimum absolute atomic E-state index is 0.370. The second-order valence-corrected chi connectivity index (χ2v) is 4.39. The second kappa shape index (κ2) is 5.09. The van der Waals surface area contributed by atoms with Crippen LogP contribution < -0.4 is 0 Å². The Balaban J connectivity index is 2.34. The summed E-state index contributed by atoms with van der Waals surface area (Å²) in [6.45, 7) is 0.584. The van der Waals surface area contributed by atoms with Crippen LogP contribution in [0.3, 0.4) is 0 Å². The molecular weight excluding hydrogens is 266 g/mol. The van der Waals surface area contributed by atoms with Crippen LogP contribution in [-0.4, -0.2) is 9.55 Å². The third-order valence-corrected chi connectivity index (χ3v) is 3.26. The van der Waals surface area contributed by atoms with Gasteiger partial charge in [-0.1, -0.05) is 29.3 Å². The normalized spacial score (nSPS) is 10.7. The fourth-order valence-electron chi connectivity index (χ4n) is 1.47. The molecular formula is C11H9Cl3N2. The third-order valence-electron chi connectivity index (χ3n) is 2.31. The molecule has 0 aliphatic rings. The summed E-state index contributed by atoms with van der Waals surface area (Å²) in [5.41, 5.74) is 0.884. The van der Waals surface area contributed by atoms with Crippen LogP contribution in [0.1, 0.15) is 11.4 Å². The van der Waals surface area contributed by atoms with E-state index < -0.39 is 0 Å². The Labute approximate surface area is 109 Å². The van der Waals surface area contributed by atoms with Gasteiger partial charge in [-0.25, -0.2) is 4.98 Å². The first kappa shape index (κ1) is 11.8. The minimum Gasteiger partial charge on any atom is -0.329 e. The lowest BCUT2D eigenvalue weighted by atomic mass is 10.2. The van der Waals surface area contributed by atoms with E-state index in [2.05, 4.69) is 4.98 Å². The highest BCUT2D eigenvalue weighted by Crippen LogP contribution is 2.25. The Morgan fingerprint density at radius 3 is 2.50 bits per heavy atom. The zero-order chi connectivity index (χ0) is 11.5. The highest BCUT2D eigenvalue weighted by molar-refractivity contribution is 6.35. The Hall–Kier alpha value is -0.700. The van der Waals surface area contributed by atoms with Gasteiger partial charge in [0.05, 0.1) is 12.4 Å². The molecule has 0 atom stereocenters. The van der Waals surface area contributed by atoms with Crippen molar-refractivity contribution in [3.63, 3.8) is 0 Å². The predicted molar refractivity (Wildman–Crippen MR) is 67.3 cm³/mol. The van der Waals surface area contributed by atoms with Gasteiger partial charge in [-0.3, -0.25) is 0 Å². The van der Waals surface area contributed by atoms with Crippen LogP contribution in [0.25, 0.3) is 0 Å². The van der Waals surface area contributed by atoms with Gasteiger partial charge in [-0.15, -0.1) is 11.6 Å². The summed E-state index contributed by atoms with van der Waals surface area (Å²) in [7, 11) is 0. The van der Waals surface area contributed by atoms with Gasteiger partial charge in [0.15, 0.2) is 0 Å². The van der Waals surface area contributed by atoms with E-state index in [9.17, 15) is 0 Å². The lowest BCUT2D eigenvalue weighted by molar-refractivity contribution is 0.755. The first-order valence-corrected chi connectivity index (χ1v) is 6.00. The molecule has 0 unspecified atom stereocenters. The summed E-state index contributed by atoms with van der Waals surface area (Å²) >= 11 is 18.0. The zero-order valence-electron chi connectivity index (χ0n) is 8.33. The Bertz CT molecular complexity index is 473. The number of imidazole rings is 1. The van der Waals surface area contributed by atoms with E-state index in [0.717, 1.165) is 11.4 Å². The van der Waals surface area contributed by atoms with Crippen molar-refractivity contribution in [3.05, 3.63) is 52.0 Å². The number of aromatic nitrogens is 2. The van der Waals surface area contributed by atoms with E-state index in [0.29, 0.717) is 22.5 Å². The molecule has 0 saturated carbocycles. The zero-order valence-corrected chi connectivity index (χ0v) is 10.6. The molecule has 1 aromatic heterocycles. The largest absolute Gasteiger partial charge is 0.329 e. The summed E-state index contributed by atoms with van der Waals surface area (Å²) in [6.07, 6.45) is 3.57. The molecule has 0 aliphatic heterocycles. The van der Waals surface area contributed by atoms with Gasteiger partial charge in [-0.05, 0) is 12.1 Å². The Morgan fingerprint density at radius 2 is 1.88 bits per heavy atom. The topological polar surface area (TPSA) is 17.8 Å². The van der Waals surface area contributed by atoms with Crippen molar-refractivity contribution >= 4 is 34.8 Å². The maximum atomic E-state index is 6.09. The SMILES string of the molecule is ClCc1nccn1Cc1c(Cl)cccc1Cl. The Kier molecular flexibility index (Phi) is 3.74. The number of nitrogens with zero attached hydrogens (tertiary/aromatic N) is 2. The molecule has 0 radical (unpaired) electrons. The van der Waals surface area contributed by atoms with E-state index in [1.807, 2.05) is 29.0 Å². The fourth-order valence-corrected chi connectivity index (χ4v) is 2.21. The smallest absolute Gasteiger partial charge is 0.123 e. The first-order chi connectivity index (χ1) is 7.72. The molecule has 5 heteroatoms. The summed E-state index contributed by atoms with van der Waals surface area (Å²) in [5.74, 6) is 1.17. The molecule has 84 valence electrons. The number of hydrogen-bond donors (Lipinski definition) is 0. The average molecular weight is 276 g/mol. The van der Waals surface area contributed by atoms with Crippen LogP contribution in [-0.2, 0) is 12.4 Å². The number of halogens is 3. The van der Waals surface area contributed by atoms with Gasteiger partial charge in [0.25, 0.3) is 0 Å². The molecule has 0 bridgehead atoms. The molecule has 0 N–H and O–H groups in total. The summed E-state index contributed by atoms with van der Waals surface area (Å²) in [4.78, 5) is 4.14. The first-order valence-electron chi connectivity index (χ1n) is 4.71. The van der Waals surface area contributed by atoms with Crippen LogP contribution in [0.5, 0.6) is 0 Å². The lowest BCUT2D eigenvalue weighted by Crippen LogP contribution is -2.03. The number of benzene rings is 1. The van der Waals surface area contributed by atoms with E-state index >= 15 is 0 Å². The number of rotatable bonds is 3. The Morgan fingerprint density at radius 1 is 1.19 bits per heavy atom. The van der Waals surface area contributed by atoms with Crippen molar-refractivity contribution in [1.29, 1.82) is 0 Å². The van der Waals surface area contributed by atoms with Gasteiger partial charge in [0, 0.05) is 28.0 Å². The van der Waals surface area contributed by atoms with Crippen LogP contribution in [0.2, 0.25) is 10.0 Å². The van der Waals surface area contributed by atoms with Crippen molar-refractivity contribution in [2.45, 2.75) is 12.4 Å².